The molecule has 4 N–H and O–H groups in total. The molecular weight excluding hydrogens is 447 g/mol. The van der Waals surface area contributed by atoms with Crippen LogP contribution in [0.25, 0.3) is 10.8 Å². The number of benzene rings is 2. The molecular formula is C25H29FN8O. The molecule has 0 bridgehead atoms. The Balaban J connectivity index is 1.57. The molecule has 9 nitrogen and oxygen atoms in total. The Bertz CT molecular complexity index is 1330. The van der Waals surface area contributed by atoms with E-state index in [0.717, 1.165) is 30.1 Å². The quantitative estimate of drug-likeness (QED) is 0.327. The van der Waals surface area contributed by atoms with Gasteiger partial charge >= 0.3 is 0 Å². The fourth-order valence-corrected chi connectivity index (χ4v) is 3.55. The maximum absolute atomic E-state index is 14.5. The highest BCUT2D eigenvalue weighted by Gasteiger charge is 2.16. The summed E-state index contributed by atoms with van der Waals surface area (Å²) in [6.45, 7) is 1.58. The van der Waals surface area contributed by atoms with Crippen molar-refractivity contribution in [2.75, 3.05) is 62.6 Å². The van der Waals surface area contributed by atoms with Gasteiger partial charge in [-0.1, -0.05) is 30.3 Å². The molecule has 0 saturated heterocycles. The van der Waals surface area contributed by atoms with Crippen molar-refractivity contribution in [1.29, 1.82) is 0 Å². The van der Waals surface area contributed by atoms with E-state index in [9.17, 15) is 4.39 Å². The van der Waals surface area contributed by atoms with E-state index in [4.69, 9.17) is 10.5 Å². The molecule has 2 aromatic carbocycles. The van der Waals surface area contributed by atoms with Gasteiger partial charge in [-0.15, -0.1) is 0 Å². The first-order valence-electron chi connectivity index (χ1n) is 11.1. The number of pyridine rings is 1. The van der Waals surface area contributed by atoms with Gasteiger partial charge in [-0.05, 0) is 43.1 Å². The summed E-state index contributed by atoms with van der Waals surface area (Å²) in [5, 5.41) is 8.20. The van der Waals surface area contributed by atoms with Gasteiger partial charge in [-0.25, -0.2) is 9.37 Å². The Morgan fingerprint density at radius 2 is 1.74 bits per heavy atom. The largest absolute Gasteiger partial charge is 0.479 e. The summed E-state index contributed by atoms with van der Waals surface area (Å²) in [5.74, 6) is 0.558. The van der Waals surface area contributed by atoms with E-state index in [2.05, 4.69) is 30.5 Å². The third kappa shape index (κ3) is 5.67. The highest BCUT2D eigenvalue weighted by Crippen LogP contribution is 2.33. The maximum Gasteiger partial charge on any atom is 0.239 e. The zero-order chi connectivity index (χ0) is 24.9. The Labute approximate surface area is 203 Å². The molecule has 0 aliphatic heterocycles. The molecule has 0 amide bonds. The molecule has 0 fully saturated rings. The van der Waals surface area contributed by atoms with Crippen LogP contribution in [0.15, 0.2) is 54.7 Å². The second kappa shape index (κ2) is 10.4. The monoisotopic (exact) mass is 476 g/mol. The van der Waals surface area contributed by atoms with Gasteiger partial charge in [0, 0.05) is 25.8 Å². The number of nitrogens with one attached hydrogen (secondary N) is 2. The standard InChI is InChI=1S/C25H29FN8O/c1-33(2)11-12-34(3)23-20(27)14-21(24(32-23)35-4)30-25-28-15-19(26)22(31-25)29-18-10-9-16-7-5-6-8-17(16)13-18/h5-10,13-15H,11-12,27H2,1-4H3,(H2,28,29,30,31). The zero-order valence-corrected chi connectivity index (χ0v) is 20.2. The molecule has 0 radical (unpaired) electrons. The van der Waals surface area contributed by atoms with E-state index >= 15 is 0 Å². The summed E-state index contributed by atoms with van der Waals surface area (Å²) in [7, 11) is 7.45. The summed E-state index contributed by atoms with van der Waals surface area (Å²) < 4.78 is 20.0. The fourth-order valence-electron chi connectivity index (χ4n) is 3.55. The molecule has 0 atom stereocenters. The number of nitrogen functional groups attached to an aromatic ring is 1. The number of halogens is 1. The zero-order valence-electron chi connectivity index (χ0n) is 20.2. The van der Waals surface area contributed by atoms with E-state index in [1.54, 1.807) is 6.07 Å². The first kappa shape index (κ1) is 24.0. The average Bonchev–Trinajstić information content (AvgIpc) is 2.84. The molecule has 2 aromatic heterocycles. The van der Waals surface area contributed by atoms with E-state index in [-0.39, 0.29) is 11.8 Å². The minimum Gasteiger partial charge on any atom is -0.479 e. The fraction of sp³-hybridized carbons (Fsp3) is 0.240. The molecule has 0 spiro atoms. The van der Waals surface area contributed by atoms with Crippen LogP contribution in [0.2, 0.25) is 0 Å². The number of ether oxygens (including phenoxy) is 1. The van der Waals surface area contributed by atoms with Crippen LogP contribution in [0.1, 0.15) is 0 Å². The van der Waals surface area contributed by atoms with Crippen molar-refractivity contribution >= 4 is 45.4 Å². The van der Waals surface area contributed by atoms with Gasteiger partial charge in [0.05, 0.1) is 19.0 Å². The second-order valence-corrected chi connectivity index (χ2v) is 8.38. The van der Waals surface area contributed by atoms with Gasteiger partial charge < -0.3 is 30.9 Å². The minimum absolute atomic E-state index is 0.0396. The van der Waals surface area contributed by atoms with E-state index in [1.165, 1.54) is 7.11 Å². The first-order valence-corrected chi connectivity index (χ1v) is 11.1. The van der Waals surface area contributed by atoms with Crippen molar-refractivity contribution in [3.8, 4) is 5.88 Å². The topological polar surface area (TPSA) is 104 Å². The Hall–Kier alpha value is -4.18. The molecule has 0 unspecified atom stereocenters. The Morgan fingerprint density at radius 3 is 2.49 bits per heavy atom. The number of nitrogens with two attached hydrogens (primary N) is 1. The van der Waals surface area contributed by atoms with Crippen LogP contribution in [0, 0.1) is 5.82 Å². The summed E-state index contributed by atoms with van der Waals surface area (Å²) in [5.41, 5.74) is 7.92. The summed E-state index contributed by atoms with van der Waals surface area (Å²) in [6, 6.07) is 15.4. The highest BCUT2D eigenvalue weighted by atomic mass is 19.1. The van der Waals surface area contributed by atoms with Crippen LogP contribution < -0.4 is 26.0 Å². The van der Waals surface area contributed by atoms with Crippen molar-refractivity contribution in [1.82, 2.24) is 19.9 Å². The van der Waals surface area contributed by atoms with Crippen LogP contribution >= 0.6 is 0 Å². The van der Waals surface area contributed by atoms with Crippen LogP contribution in [0.3, 0.4) is 0 Å². The summed E-state index contributed by atoms with van der Waals surface area (Å²) in [6.07, 6.45) is 1.10. The van der Waals surface area contributed by atoms with Gasteiger partial charge in [0.2, 0.25) is 11.8 Å². The van der Waals surface area contributed by atoms with Gasteiger partial charge in [0.1, 0.15) is 5.69 Å². The van der Waals surface area contributed by atoms with Gasteiger partial charge in [-0.2, -0.15) is 9.97 Å². The van der Waals surface area contributed by atoms with E-state index in [1.807, 2.05) is 68.5 Å². The van der Waals surface area contributed by atoms with Crippen LogP contribution in [-0.2, 0) is 0 Å². The number of hydrogen-bond donors (Lipinski definition) is 3. The molecule has 2 heterocycles. The predicted molar refractivity (Wildman–Crippen MR) is 140 cm³/mol. The molecule has 4 rings (SSSR count). The molecule has 0 aliphatic rings. The number of hydrogen-bond acceptors (Lipinski definition) is 9. The normalized spacial score (nSPS) is 11.0. The number of likely N-dealkylation sites (N-methyl/N-ethyl adjacent to an activating group) is 2. The molecule has 10 heteroatoms. The van der Waals surface area contributed by atoms with Crippen LogP contribution in [-0.4, -0.2) is 61.2 Å². The van der Waals surface area contributed by atoms with Gasteiger partial charge in [0.15, 0.2) is 17.5 Å². The van der Waals surface area contributed by atoms with Crippen molar-refractivity contribution in [3.05, 3.63) is 60.5 Å². The second-order valence-electron chi connectivity index (χ2n) is 8.38. The molecule has 35 heavy (non-hydrogen) atoms. The molecule has 0 aliphatic carbocycles. The SMILES string of the molecule is COc1nc(N(C)CCN(C)C)c(N)cc1Nc1ncc(F)c(Nc2ccc3ccccc3c2)n1. The Morgan fingerprint density at radius 1 is 0.971 bits per heavy atom. The van der Waals surface area contributed by atoms with E-state index < -0.39 is 5.82 Å². The Kier molecular flexibility index (Phi) is 7.11. The smallest absolute Gasteiger partial charge is 0.239 e. The number of nitrogens with zero attached hydrogens (tertiary/aromatic N) is 5. The number of anilines is 6. The molecule has 0 saturated carbocycles. The lowest BCUT2D eigenvalue weighted by Crippen LogP contribution is -2.29. The maximum atomic E-state index is 14.5. The van der Waals surface area contributed by atoms with Crippen molar-refractivity contribution in [2.24, 2.45) is 0 Å². The third-order valence-electron chi connectivity index (χ3n) is 5.44. The van der Waals surface area contributed by atoms with Gasteiger partial charge in [0.25, 0.3) is 0 Å². The van der Waals surface area contributed by atoms with Crippen molar-refractivity contribution < 1.29 is 9.13 Å². The summed E-state index contributed by atoms with van der Waals surface area (Å²) in [4.78, 5) is 17.0. The van der Waals surface area contributed by atoms with Gasteiger partial charge in [-0.3, -0.25) is 0 Å². The lowest BCUT2D eigenvalue weighted by Gasteiger charge is -2.23. The van der Waals surface area contributed by atoms with Crippen molar-refractivity contribution in [3.63, 3.8) is 0 Å². The summed E-state index contributed by atoms with van der Waals surface area (Å²) >= 11 is 0. The van der Waals surface area contributed by atoms with Crippen molar-refractivity contribution in [2.45, 2.75) is 0 Å². The number of rotatable bonds is 9. The number of aromatic nitrogens is 3. The minimum atomic E-state index is -0.578. The number of methoxy groups -OCH3 is 1. The van der Waals surface area contributed by atoms with E-state index in [0.29, 0.717) is 28.8 Å². The number of fused-ring (bicyclic) bond motifs is 1. The molecule has 182 valence electrons. The van der Waals surface area contributed by atoms with Crippen LogP contribution in [0.4, 0.5) is 39.0 Å². The first-order chi connectivity index (χ1) is 16.8. The van der Waals surface area contributed by atoms with Crippen LogP contribution in [0.5, 0.6) is 5.88 Å². The highest BCUT2D eigenvalue weighted by molar-refractivity contribution is 5.86. The predicted octanol–water partition coefficient (Wildman–Crippen LogP) is 4.24. The third-order valence-corrected chi connectivity index (χ3v) is 5.44. The lowest BCUT2D eigenvalue weighted by molar-refractivity contribution is 0.398. The molecule has 4 aromatic rings. The lowest BCUT2D eigenvalue weighted by atomic mass is 10.1. The average molecular weight is 477 g/mol.